The Morgan fingerprint density at radius 3 is 2.53 bits per heavy atom. The average Bonchev–Trinajstić information content (AvgIpc) is 2.72. The number of ether oxygens (including phenoxy) is 2. The van der Waals surface area contributed by atoms with E-state index in [1.54, 1.807) is 0 Å². The van der Waals surface area contributed by atoms with Gasteiger partial charge in [0.05, 0.1) is 5.69 Å². The number of imidazole rings is 1. The maximum atomic E-state index is 5.61. The molecule has 0 spiro atoms. The summed E-state index contributed by atoms with van der Waals surface area (Å²) < 4.78 is 13.6. The Labute approximate surface area is 116 Å². The molecule has 0 aliphatic heterocycles. The van der Waals surface area contributed by atoms with Gasteiger partial charge in [0.15, 0.2) is 6.29 Å². The summed E-state index contributed by atoms with van der Waals surface area (Å²) >= 11 is 0. The molecule has 0 fully saturated rings. The predicted octanol–water partition coefficient (Wildman–Crippen LogP) is 2.86. The molecule has 0 aromatic carbocycles. The first kappa shape index (κ1) is 14.5. The topological polar surface area (TPSA) is 36.3 Å². The van der Waals surface area contributed by atoms with Crippen LogP contribution in [0.25, 0.3) is 0 Å². The quantitative estimate of drug-likeness (QED) is 0.712. The summed E-state index contributed by atoms with van der Waals surface area (Å²) in [4.78, 5) is 4.70. The Morgan fingerprint density at radius 1 is 1.16 bits per heavy atom. The molecule has 4 heteroatoms. The molecule has 0 N–H and O–H groups in total. The van der Waals surface area contributed by atoms with Crippen LogP contribution in [-0.4, -0.2) is 29.1 Å². The zero-order valence-corrected chi connectivity index (χ0v) is 12.4. The van der Waals surface area contributed by atoms with Crippen molar-refractivity contribution in [3.05, 3.63) is 17.2 Å². The number of rotatable bonds is 7. The Hall–Kier alpha value is -0.870. The van der Waals surface area contributed by atoms with Gasteiger partial charge in [-0.15, -0.1) is 0 Å². The van der Waals surface area contributed by atoms with Gasteiger partial charge in [-0.25, -0.2) is 4.98 Å². The minimum absolute atomic E-state index is 0.0870. The minimum atomic E-state index is -0.0870. The summed E-state index contributed by atoms with van der Waals surface area (Å²) in [5, 5.41) is 0. The number of hydrogen-bond donors (Lipinski definition) is 0. The van der Waals surface area contributed by atoms with Crippen LogP contribution >= 0.6 is 0 Å². The molecular formula is C15H26N2O2. The largest absolute Gasteiger partial charge is 0.353 e. The van der Waals surface area contributed by atoms with Gasteiger partial charge in [0, 0.05) is 31.9 Å². The summed E-state index contributed by atoms with van der Waals surface area (Å²) in [7, 11) is 0. The zero-order chi connectivity index (χ0) is 13.7. The molecule has 0 unspecified atom stereocenters. The third kappa shape index (κ3) is 3.57. The molecule has 0 bridgehead atoms. The summed E-state index contributed by atoms with van der Waals surface area (Å²) in [6.07, 6.45) is 5.69. The Balaban J connectivity index is 2.00. The first-order chi connectivity index (χ1) is 9.26. The number of nitrogens with zero attached hydrogens (tertiary/aromatic N) is 2. The second-order valence-electron chi connectivity index (χ2n) is 5.04. The second-order valence-corrected chi connectivity index (χ2v) is 5.04. The van der Waals surface area contributed by atoms with Gasteiger partial charge in [0.25, 0.3) is 0 Å². The summed E-state index contributed by atoms with van der Waals surface area (Å²) in [5.41, 5.74) is 2.75. The van der Waals surface area contributed by atoms with E-state index in [0.717, 1.165) is 25.2 Å². The summed E-state index contributed by atoms with van der Waals surface area (Å²) in [6, 6.07) is 0. The van der Waals surface area contributed by atoms with Crippen LogP contribution in [0.2, 0.25) is 0 Å². The molecule has 1 aromatic heterocycles. The summed E-state index contributed by atoms with van der Waals surface area (Å²) in [5.74, 6) is 1.14. The Kier molecular flexibility index (Phi) is 5.40. The fraction of sp³-hybridized carbons (Fsp3) is 0.800. The van der Waals surface area contributed by atoms with Crippen LogP contribution in [0, 0.1) is 6.92 Å². The highest BCUT2D eigenvalue weighted by Crippen LogP contribution is 2.22. The maximum Gasteiger partial charge on any atom is 0.159 e. The van der Waals surface area contributed by atoms with Gasteiger partial charge in [-0.1, -0.05) is 0 Å². The van der Waals surface area contributed by atoms with Crippen LogP contribution in [0.1, 0.15) is 50.3 Å². The van der Waals surface area contributed by atoms with E-state index in [1.807, 2.05) is 13.8 Å². The third-order valence-electron chi connectivity index (χ3n) is 3.72. The van der Waals surface area contributed by atoms with Gasteiger partial charge in [-0.3, -0.25) is 0 Å². The van der Waals surface area contributed by atoms with Crippen molar-refractivity contribution in [2.24, 2.45) is 0 Å². The van der Waals surface area contributed by atoms with Crippen molar-refractivity contribution in [3.63, 3.8) is 0 Å². The molecule has 108 valence electrons. The van der Waals surface area contributed by atoms with Crippen LogP contribution < -0.4 is 0 Å². The van der Waals surface area contributed by atoms with Crippen molar-refractivity contribution in [1.29, 1.82) is 0 Å². The van der Waals surface area contributed by atoms with E-state index in [9.17, 15) is 0 Å². The van der Waals surface area contributed by atoms with E-state index in [1.165, 1.54) is 30.7 Å². The van der Waals surface area contributed by atoms with Crippen molar-refractivity contribution in [2.75, 3.05) is 13.2 Å². The Morgan fingerprint density at radius 2 is 1.84 bits per heavy atom. The lowest BCUT2D eigenvalue weighted by Crippen LogP contribution is -2.21. The van der Waals surface area contributed by atoms with E-state index < -0.39 is 0 Å². The van der Waals surface area contributed by atoms with Gasteiger partial charge < -0.3 is 14.0 Å². The van der Waals surface area contributed by atoms with Gasteiger partial charge in [-0.05, 0) is 46.5 Å². The van der Waals surface area contributed by atoms with E-state index >= 15 is 0 Å². The van der Waals surface area contributed by atoms with E-state index in [2.05, 4.69) is 11.5 Å². The average molecular weight is 266 g/mol. The lowest BCUT2D eigenvalue weighted by Gasteiger charge is -2.19. The molecule has 4 nitrogen and oxygen atoms in total. The molecule has 1 heterocycles. The number of aromatic nitrogens is 2. The van der Waals surface area contributed by atoms with Crippen molar-refractivity contribution in [3.8, 4) is 0 Å². The van der Waals surface area contributed by atoms with Crippen molar-refractivity contribution >= 4 is 0 Å². The molecule has 0 atom stereocenters. The number of aryl methyl sites for hydroxylation is 2. The lowest BCUT2D eigenvalue weighted by atomic mass is 10.0. The number of hydrogen-bond acceptors (Lipinski definition) is 3. The van der Waals surface area contributed by atoms with Gasteiger partial charge >= 0.3 is 0 Å². The lowest BCUT2D eigenvalue weighted by molar-refractivity contribution is -0.141. The molecule has 1 aliphatic rings. The molecule has 2 rings (SSSR count). The normalized spacial score (nSPS) is 14.9. The smallest absolute Gasteiger partial charge is 0.159 e. The maximum absolute atomic E-state index is 5.61. The van der Waals surface area contributed by atoms with Crippen molar-refractivity contribution < 1.29 is 9.47 Å². The van der Waals surface area contributed by atoms with E-state index in [0.29, 0.717) is 13.2 Å². The molecule has 0 radical (unpaired) electrons. The molecular weight excluding hydrogens is 240 g/mol. The van der Waals surface area contributed by atoms with Crippen LogP contribution in [0.3, 0.4) is 0 Å². The van der Waals surface area contributed by atoms with E-state index in [-0.39, 0.29) is 6.29 Å². The molecule has 19 heavy (non-hydrogen) atoms. The van der Waals surface area contributed by atoms with Gasteiger partial charge in [0.2, 0.25) is 0 Å². The third-order valence-corrected chi connectivity index (χ3v) is 3.72. The molecule has 0 saturated heterocycles. The minimum Gasteiger partial charge on any atom is -0.353 e. The summed E-state index contributed by atoms with van der Waals surface area (Å²) in [6.45, 7) is 8.47. The van der Waals surface area contributed by atoms with Gasteiger partial charge in [-0.2, -0.15) is 0 Å². The SMILES string of the molecule is CCOC(CCn1c(C)nc2c1CCCC2)OCC. The predicted molar refractivity (Wildman–Crippen MR) is 75.3 cm³/mol. The monoisotopic (exact) mass is 266 g/mol. The molecule has 0 amide bonds. The zero-order valence-electron chi connectivity index (χ0n) is 12.4. The molecule has 1 aliphatic carbocycles. The first-order valence-electron chi connectivity index (χ1n) is 7.54. The highest BCUT2D eigenvalue weighted by molar-refractivity contribution is 5.19. The van der Waals surface area contributed by atoms with Crippen LogP contribution in [-0.2, 0) is 28.9 Å². The molecule has 0 saturated carbocycles. The van der Waals surface area contributed by atoms with E-state index in [4.69, 9.17) is 14.5 Å². The van der Waals surface area contributed by atoms with Crippen molar-refractivity contribution in [1.82, 2.24) is 9.55 Å². The molecule has 1 aromatic rings. The fourth-order valence-corrected chi connectivity index (χ4v) is 2.85. The highest BCUT2D eigenvalue weighted by atomic mass is 16.7. The highest BCUT2D eigenvalue weighted by Gasteiger charge is 2.18. The van der Waals surface area contributed by atoms with Crippen molar-refractivity contribution in [2.45, 2.75) is 65.7 Å². The first-order valence-corrected chi connectivity index (χ1v) is 7.54. The standard InChI is InChI=1S/C15H26N2O2/c1-4-18-15(19-5-2)10-11-17-12(3)16-13-8-6-7-9-14(13)17/h15H,4-11H2,1-3H3. The number of fused-ring (bicyclic) bond motifs is 1. The Bertz CT molecular complexity index is 395. The van der Waals surface area contributed by atoms with Crippen LogP contribution in [0.4, 0.5) is 0 Å². The van der Waals surface area contributed by atoms with Crippen LogP contribution in [0.5, 0.6) is 0 Å². The van der Waals surface area contributed by atoms with Gasteiger partial charge in [0.1, 0.15) is 5.82 Å². The second kappa shape index (κ2) is 7.06. The fourth-order valence-electron chi connectivity index (χ4n) is 2.85. The van der Waals surface area contributed by atoms with Crippen LogP contribution in [0.15, 0.2) is 0 Å².